The third-order valence-corrected chi connectivity index (χ3v) is 7.25. The molecule has 4 rings (SSSR count). The number of fused-ring (bicyclic) bond motifs is 2. The lowest BCUT2D eigenvalue weighted by atomic mass is 10.1. The number of anilines is 1. The normalized spacial score (nSPS) is 11.3. The maximum absolute atomic E-state index is 13.1. The Hall–Kier alpha value is -2.68. The Labute approximate surface area is 188 Å². The number of methoxy groups -OCH3 is 1. The van der Waals surface area contributed by atoms with Gasteiger partial charge in [0.05, 0.1) is 24.3 Å². The lowest BCUT2D eigenvalue weighted by Gasteiger charge is -2.12. The predicted octanol–water partition coefficient (Wildman–Crippen LogP) is 4.61. The molecular formula is C23H23N3O3S2. The average molecular weight is 454 g/mol. The van der Waals surface area contributed by atoms with Crippen LogP contribution in [0.5, 0.6) is 0 Å². The highest BCUT2D eigenvalue weighted by molar-refractivity contribution is 7.99. The van der Waals surface area contributed by atoms with Crippen LogP contribution in [-0.2, 0) is 16.1 Å². The standard InChI is InChI=1S/C23H23N3O3S2/c1-14-15(2)31-21-20(14)22(28)26(11-12-29-3)23(25-21)30-13-19(27)24-18-10-6-8-16-7-4-5-9-17(16)18/h4-10H,11-13H2,1-3H3,(H,24,27). The molecule has 0 fully saturated rings. The van der Waals surface area contributed by atoms with Crippen molar-refractivity contribution in [2.24, 2.45) is 0 Å². The summed E-state index contributed by atoms with van der Waals surface area (Å²) in [5.41, 5.74) is 1.66. The van der Waals surface area contributed by atoms with Crippen LogP contribution < -0.4 is 10.9 Å². The summed E-state index contributed by atoms with van der Waals surface area (Å²) >= 11 is 2.77. The molecule has 0 saturated heterocycles. The number of aryl methyl sites for hydroxylation is 2. The molecule has 0 aliphatic heterocycles. The Morgan fingerprint density at radius 1 is 1.19 bits per heavy atom. The molecule has 0 radical (unpaired) electrons. The molecule has 0 aliphatic rings. The van der Waals surface area contributed by atoms with Crippen molar-refractivity contribution >= 4 is 55.7 Å². The number of carbonyl (C=O) groups is 1. The lowest BCUT2D eigenvalue weighted by Crippen LogP contribution is -2.26. The van der Waals surface area contributed by atoms with Gasteiger partial charge in [0, 0.05) is 23.1 Å². The number of benzene rings is 2. The van der Waals surface area contributed by atoms with Crippen LogP contribution in [-0.4, -0.2) is 34.9 Å². The van der Waals surface area contributed by atoms with Gasteiger partial charge in [0.2, 0.25) is 5.91 Å². The van der Waals surface area contributed by atoms with E-state index in [1.165, 1.54) is 23.1 Å². The summed E-state index contributed by atoms with van der Waals surface area (Å²) in [6, 6.07) is 13.7. The quantitative estimate of drug-likeness (QED) is 0.327. The molecule has 0 atom stereocenters. The van der Waals surface area contributed by atoms with Gasteiger partial charge in [0.25, 0.3) is 5.56 Å². The van der Waals surface area contributed by atoms with E-state index in [1.807, 2.05) is 56.3 Å². The summed E-state index contributed by atoms with van der Waals surface area (Å²) in [6.45, 7) is 4.72. The van der Waals surface area contributed by atoms with Crippen LogP contribution in [0.4, 0.5) is 5.69 Å². The van der Waals surface area contributed by atoms with Gasteiger partial charge in [-0.2, -0.15) is 0 Å². The van der Waals surface area contributed by atoms with Crippen molar-refractivity contribution in [1.29, 1.82) is 0 Å². The summed E-state index contributed by atoms with van der Waals surface area (Å²) in [7, 11) is 1.60. The molecule has 2 aromatic carbocycles. The maximum Gasteiger partial charge on any atom is 0.263 e. The molecule has 8 heteroatoms. The average Bonchev–Trinajstić information content (AvgIpc) is 3.05. The summed E-state index contributed by atoms with van der Waals surface area (Å²) in [5, 5.41) is 6.23. The SMILES string of the molecule is COCCn1c(SCC(=O)Nc2cccc3ccccc23)nc2sc(C)c(C)c2c1=O. The molecule has 6 nitrogen and oxygen atoms in total. The summed E-state index contributed by atoms with van der Waals surface area (Å²) in [5.74, 6) is 0.00448. The predicted molar refractivity (Wildman–Crippen MR) is 129 cm³/mol. The van der Waals surface area contributed by atoms with Gasteiger partial charge in [-0.15, -0.1) is 11.3 Å². The monoisotopic (exact) mass is 453 g/mol. The summed E-state index contributed by atoms with van der Waals surface area (Å²) in [6.07, 6.45) is 0. The number of amides is 1. The van der Waals surface area contributed by atoms with E-state index in [4.69, 9.17) is 9.72 Å². The van der Waals surface area contributed by atoms with Gasteiger partial charge in [-0.3, -0.25) is 14.2 Å². The molecule has 0 saturated carbocycles. The Morgan fingerprint density at radius 2 is 1.97 bits per heavy atom. The van der Waals surface area contributed by atoms with Gasteiger partial charge in [-0.05, 0) is 30.9 Å². The van der Waals surface area contributed by atoms with E-state index < -0.39 is 0 Å². The minimum absolute atomic E-state index is 0.0825. The first-order valence-electron chi connectivity index (χ1n) is 9.89. The second-order valence-corrected chi connectivity index (χ2v) is 9.32. The first kappa shape index (κ1) is 21.5. The number of ether oxygens (including phenoxy) is 1. The van der Waals surface area contributed by atoms with Crippen LogP contribution in [0, 0.1) is 13.8 Å². The molecule has 2 aromatic heterocycles. The summed E-state index contributed by atoms with van der Waals surface area (Å²) < 4.78 is 6.79. The second-order valence-electron chi connectivity index (χ2n) is 7.17. The molecular weight excluding hydrogens is 430 g/mol. The highest BCUT2D eigenvalue weighted by Gasteiger charge is 2.18. The number of rotatable bonds is 7. The molecule has 0 unspecified atom stereocenters. The summed E-state index contributed by atoms with van der Waals surface area (Å²) in [4.78, 5) is 32.3. The zero-order valence-electron chi connectivity index (χ0n) is 17.6. The van der Waals surface area contributed by atoms with Crippen molar-refractivity contribution in [3.8, 4) is 0 Å². The van der Waals surface area contributed by atoms with Gasteiger partial charge in [0.15, 0.2) is 5.16 Å². The largest absolute Gasteiger partial charge is 0.383 e. The number of aromatic nitrogens is 2. The van der Waals surface area contributed by atoms with Crippen LogP contribution in [0.3, 0.4) is 0 Å². The van der Waals surface area contributed by atoms with Gasteiger partial charge in [-0.25, -0.2) is 4.98 Å². The number of hydrogen-bond donors (Lipinski definition) is 1. The number of thioether (sulfide) groups is 1. The molecule has 31 heavy (non-hydrogen) atoms. The van der Waals surface area contributed by atoms with Gasteiger partial charge >= 0.3 is 0 Å². The van der Waals surface area contributed by atoms with E-state index in [0.29, 0.717) is 28.5 Å². The number of nitrogens with one attached hydrogen (secondary N) is 1. The molecule has 1 amide bonds. The molecule has 0 aliphatic carbocycles. The lowest BCUT2D eigenvalue weighted by molar-refractivity contribution is -0.113. The highest BCUT2D eigenvalue weighted by atomic mass is 32.2. The Kier molecular flexibility index (Phi) is 6.41. The topological polar surface area (TPSA) is 73.2 Å². The molecule has 2 heterocycles. The van der Waals surface area contributed by atoms with Crippen LogP contribution in [0.15, 0.2) is 52.4 Å². The van der Waals surface area contributed by atoms with Gasteiger partial charge in [0.1, 0.15) is 4.83 Å². The molecule has 160 valence electrons. The van der Waals surface area contributed by atoms with E-state index in [-0.39, 0.29) is 17.2 Å². The van der Waals surface area contributed by atoms with E-state index >= 15 is 0 Å². The fraction of sp³-hybridized carbons (Fsp3) is 0.261. The maximum atomic E-state index is 13.1. The van der Waals surface area contributed by atoms with Crippen LogP contribution in [0.1, 0.15) is 10.4 Å². The second kappa shape index (κ2) is 9.21. The fourth-order valence-electron chi connectivity index (χ4n) is 3.45. The smallest absolute Gasteiger partial charge is 0.263 e. The first-order chi connectivity index (χ1) is 15.0. The van der Waals surface area contributed by atoms with Crippen molar-refractivity contribution in [2.45, 2.75) is 25.5 Å². The number of carbonyl (C=O) groups excluding carboxylic acids is 1. The van der Waals surface area contributed by atoms with E-state index in [0.717, 1.165) is 26.9 Å². The van der Waals surface area contributed by atoms with Crippen LogP contribution >= 0.6 is 23.1 Å². The minimum Gasteiger partial charge on any atom is -0.383 e. The van der Waals surface area contributed by atoms with Crippen LogP contribution in [0.25, 0.3) is 21.0 Å². The number of hydrogen-bond acceptors (Lipinski definition) is 6. The number of nitrogens with zero attached hydrogens (tertiary/aromatic N) is 2. The van der Waals surface area contributed by atoms with E-state index in [2.05, 4.69) is 5.32 Å². The van der Waals surface area contributed by atoms with Crippen molar-refractivity contribution in [1.82, 2.24) is 9.55 Å². The fourth-order valence-corrected chi connectivity index (χ4v) is 5.35. The third kappa shape index (κ3) is 4.37. The molecule has 4 aromatic rings. The first-order valence-corrected chi connectivity index (χ1v) is 11.7. The van der Waals surface area contributed by atoms with Gasteiger partial charge in [-0.1, -0.05) is 48.2 Å². The zero-order chi connectivity index (χ0) is 22.0. The van der Waals surface area contributed by atoms with E-state index in [1.54, 1.807) is 11.7 Å². The van der Waals surface area contributed by atoms with Crippen molar-refractivity contribution in [2.75, 3.05) is 24.8 Å². The molecule has 0 bridgehead atoms. The third-order valence-electron chi connectivity index (χ3n) is 5.17. The van der Waals surface area contributed by atoms with Crippen molar-refractivity contribution in [3.63, 3.8) is 0 Å². The number of thiophene rings is 1. The van der Waals surface area contributed by atoms with Crippen molar-refractivity contribution < 1.29 is 9.53 Å². The van der Waals surface area contributed by atoms with Crippen molar-refractivity contribution in [3.05, 3.63) is 63.3 Å². The van der Waals surface area contributed by atoms with Gasteiger partial charge < -0.3 is 10.1 Å². The van der Waals surface area contributed by atoms with E-state index in [9.17, 15) is 9.59 Å². The molecule has 0 spiro atoms. The Bertz CT molecular complexity index is 1320. The minimum atomic E-state index is -0.146. The molecule has 1 N–H and O–H groups in total. The highest BCUT2D eigenvalue weighted by Crippen LogP contribution is 2.29. The van der Waals surface area contributed by atoms with Crippen LogP contribution in [0.2, 0.25) is 0 Å². The Morgan fingerprint density at radius 3 is 2.77 bits per heavy atom. The Balaban J connectivity index is 1.59. The zero-order valence-corrected chi connectivity index (χ0v) is 19.2.